The van der Waals surface area contributed by atoms with Crippen molar-refractivity contribution in [2.45, 2.75) is 12.3 Å². The van der Waals surface area contributed by atoms with Crippen molar-refractivity contribution < 1.29 is 0 Å². The summed E-state index contributed by atoms with van der Waals surface area (Å²) >= 11 is 0. The zero-order valence-electron chi connectivity index (χ0n) is 24.1. The molecule has 0 aliphatic carbocycles. The van der Waals surface area contributed by atoms with Gasteiger partial charge in [-0.25, -0.2) is 0 Å². The molecule has 0 bridgehead atoms. The van der Waals surface area contributed by atoms with Gasteiger partial charge in [-0.05, 0) is 77.5 Å². The highest BCUT2D eigenvalue weighted by molar-refractivity contribution is 6.12. The van der Waals surface area contributed by atoms with Crippen molar-refractivity contribution in [3.8, 4) is 16.8 Å². The van der Waals surface area contributed by atoms with Gasteiger partial charge in [0.25, 0.3) is 0 Å². The van der Waals surface area contributed by atoms with Crippen LogP contribution in [0.5, 0.6) is 0 Å². The SMILES string of the molecule is C1=CC(c2ccccc2)NC(n2c3ccccc3c3cc(-c4ccc5c(c4)c4ccccc4n5-c4ccccc4)ccc32)N1. The summed E-state index contributed by atoms with van der Waals surface area (Å²) in [4.78, 5) is 0. The maximum Gasteiger partial charge on any atom is 0.160 e. The van der Waals surface area contributed by atoms with Crippen molar-refractivity contribution in [3.63, 3.8) is 0 Å². The summed E-state index contributed by atoms with van der Waals surface area (Å²) < 4.78 is 4.76. The van der Waals surface area contributed by atoms with E-state index in [0.717, 1.165) is 0 Å². The van der Waals surface area contributed by atoms with E-state index in [1.165, 1.54) is 66.0 Å². The second kappa shape index (κ2) is 10.0. The second-order valence-electron chi connectivity index (χ2n) is 11.5. The standard InChI is InChI=1S/C40H30N4/c1-3-11-27(12-4-1)35-23-24-41-40(42-35)44-37-18-10-8-16-32(37)34-26-29(20-22-39(34)44)28-19-21-38-33(25-28)31-15-7-9-17-36(31)43(38)30-13-5-2-6-14-30/h1-26,35,40-42H. The average molecular weight is 567 g/mol. The fourth-order valence-corrected chi connectivity index (χ4v) is 7.00. The van der Waals surface area contributed by atoms with Crippen LogP contribution in [-0.2, 0) is 0 Å². The van der Waals surface area contributed by atoms with Crippen LogP contribution in [0, 0.1) is 0 Å². The third kappa shape index (κ3) is 3.89. The van der Waals surface area contributed by atoms with Gasteiger partial charge in [-0.1, -0.05) is 97.1 Å². The van der Waals surface area contributed by atoms with E-state index in [-0.39, 0.29) is 12.3 Å². The van der Waals surface area contributed by atoms with Crippen molar-refractivity contribution in [2.24, 2.45) is 0 Å². The van der Waals surface area contributed by atoms with Crippen LogP contribution in [0.2, 0.25) is 0 Å². The first-order valence-corrected chi connectivity index (χ1v) is 15.2. The quantitative estimate of drug-likeness (QED) is 0.222. The highest BCUT2D eigenvalue weighted by Gasteiger charge is 2.23. The van der Waals surface area contributed by atoms with E-state index in [9.17, 15) is 0 Å². The molecular weight excluding hydrogens is 536 g/mol. The molecular formula is C40H30N4. The topological polar surface area (TPSA) is 33.9 Å². The number of fused-ring (bicyclic) bond motifs is 6. The highest BCUT2D eigenvalue weighted by atomic mass is 15.3. The number of benzene rings is 6. The summed E-state index contributed by atoms with van der Waals surface area (Å²) in [6.07, 6.45) is 4.18. The molecule has 2 atom stereocenters. The van der Waals surface area contributed by atoms with Gasteiger partial charge in [0, 0.05) is 27.2 Å². The van der Waals surface area contributed by atoms with E-state index in [4.69, 9.17) is 0 Å². The second-order valence-corrected chi connectivity index (χ2v) is 11.5. The largest absolute Gasteiger partial charge is 0.359 e. The van der Waals surface area contributed by atoms with Crippen LogP contribution in [0.15, 0.2) is 158 Å². The lowest BCUT2D eigenvalue weighted by Gasteiger charge is -2.31. The van der Waals surface area contributed by atoms with E-state index >= 15 is 0 Å². The van der Waals surface area contributed by atoms with Gasteiger partial charge in [0.15, 0.2) is 6.29 Å². The van der Waals surface area contributed by atoms with Crippen LogP contribution < -0.4 is 10.6 Å². The molecule has 1 aliphatic rings. The van der Waals surface area contributed by atoms with Crippen LogP contribution in [0.3, 0.4) is 0 Å². The van der Waals surface area contributed by atoms with Crippen molar-refractivity contribution >= 4 is 43.6 Å². The molecule has 44 heavy (non-hydrogen) atoms. The third-order valence-electron chi connectivity index (χ3n) is 9.03. The predicted molar refractivity (Wildman–Crippen MR) is 183 cm³/mol. The lowest BCUT2D eigenvalue weighted by Crippen LogP contribution is -2.40. The Morgan fingerprint density at radius 2 is 1.02 bits per heavy atom. The van der Waals surface area contributed by atoms with Crippen LogP contribution in [0.25, 0.3) is 60.4 Å². The normalized spacial score (nSPS) is 16.6. The molecule has 4 heteroatoms. The summed E-state index contributed by atoms with van der Waals surface area (Å²) in [5.74, 6) is 0. The smallest absolute Gasteiger partial charge is 0.160 e. The first-order chi connectivity index (χ1) is 21.8. The molecule has 0 saturated heterocycles. The van der Waals surface area contributed by atoms with Gasteiger partial charge in [-0.3, -0.25) is 5.32 Å². The van der Waals surface area contributed by atoms with Crippen LogP contribution in [0.1, 0.15) is 17.9 Å². The Kier molecular flexibility index (Phi) is 5.68. The first-order valence-electron chi connectivity index (χ1n) is 15.2. The van der Waals surface area contributed by atoms with Gasteiger partial charge >= 0.3 is 0 Å². The molecule has 210 valence electrons. The molecule has 4 nitrogen and oxygen atoms in total. The first kappa shape index (κ1) is 25.0. The summed E-state index contributed by atoms with van der Waals surface area (Å²) in [6, 6.07) is 52.6. The van der Waals surface area contributed by atoms with Crippen LogP contribution in [-0.4, -0.2) is 9.13 Å². The Balaban J connectivity index is 1.18. The monoisotopic (exact) mass is 566 g/mol. The minimum Gasteiger partial charge on any atom is -0.359 e. The highest BCUT2D eigenvalue weighted by Crippen LogP contribution is 2.38. The van der Waals surface area contributed by atoms with Crippen molar-refractivity contribution in [1.82, 2.24) is 19.8 Å². The molecule has 2 N–H and O–H groups in total. The summed E-state index contributed by atoms with van der Waals surface area (Å²) in [5.41, 5.74) is 9.70. The van der Waals surface area contributed by atoms with Gasteiger partial charge in [0.05, 0.1) is 28.1 Å². The van der Waals surface area contributed by atoms with E-state index in [2.05, 4.69) is 178 Å². The fourth-order valence-electron chi connectivity index (χ4n) is 7.00. The number of nitrogens with zero attached hydrogens (tertiary/aromatic N) is 2. The Hall–Kier alpha value is -5.58. The number of aromatic nitrogens is 2. The summed E-state index contributed by atoms with van der Waals surface area (Å²) in [6.45, 7) is 0. The van der Waals surface area contributed by atoms with Gasteiger partial charge in [-0.15, -0.1) is 0 Å². The van der Waals surface area contributed by atoms with Crippen molar-refractivity contribution in [3.05, 3.63) is 163 Å². The molecule has 0 spiro atoms. The number of rotatable bonds is 4. The van der Waals surface area contributed by atoms with Gasteiger partial charge in [-0.2, -0.15) is 0 Å². The number of para-hydroxylation sites is 3. The maximum atomic E-state index is 3.82. The zero-order valence-corrected chi connectivity index (χ0v) is 24.1. The van der Waals surface area contributed by atoms with Gasteiger partial charge in [0.1, 0.15) is 0 Å². The summed E-state index contributed by atoms with van der Waals surface area (Å²) in [5, 5.41) is 12.4. The minimum atomic E-state index is -0.0843. The Labute approximate surface area is 255 Å². The molecule has 1 aliphatic heterocycles. The number of hydrogen-bond donors (Lipinski definition) is 2. The molecule has 0 saturated carbocycles. The van der Waals surface area contributed by atoms with E-state index < -0.39 is 0 Å². The minimum absolute atomic E-state index is 0.0843. The van der Waals surface area contributed by atoms with Crippen LogP contribution >= 0.6 is 0 Å². The lowest BCUT2D eigenvalue weighted by atomic mass is 10.0. The van der Waals surface area contributed by atoms with E-state index in [1.807, 2.05) is 0 Å². The molecule has 0 radical (unpaired) electrons. The fraction of sp³-hybridized carbons (Fsp3) is 0.0500. The molecule has 8 aromatic rings. The van der Waals surface area contributed by atoms with Crippen LogP contribution in [0.4, 0.5) is 0 Å². The molecule has 0 amide bonds. The average Bonchev–Trinajstić information content (AvgIpc) is 3.61. The number of nitrogens with one attached hydrogen (secondary N) is 2. The molecule has 0 fully saturated rings. The molecule has 2 unspecified atom stereocenters. The molecule has 9 rings (SSSR count). The van der Waals surface area contributed by atoms with Gasteiger partial charge in [0.2, 0.25) is 0 Å². The predicted octanol–water partition coefficient (Wildman–Crippen LogP) is 9.46. The molecule has 6 aromatic carbocycles. The Morgan fingerprint density at radius 1 is 0.477 bits per heavy atom. The number of hydrogen-bond acceptors (Lipinski definition) is 2. The van der Waals surface area contributed by atoms with E-state index in [1.54, 1.807) is 0 Å². The molecule has 2 aromatic heterocycles. The van der Waals surface area contributed by atoms with Crippen molar-refractivity contribution in [2.75, 3.05) is 0 Å². The third-order valence-corrected chi connectivity index (χ3v) is 9.03. The Morgan fingerprint density at radius 3 is 1.77 bits per heavy atom. The summed E-state index contributed by atoms with van der Waals surface area (Å²) in [7, 11) is 0. The lowest BCUT2D eigenvalue weighted by molar-refractivity contribution is 0.342. The maximum absolute atomic E-state index is 3.82. The van der Waals surface area contributed by atoms with Crippen molar-refractivity contribution in [1.29, 1.82) is 0 Å². The molecule has 3 heterocycles. The van der Waals surface area contributed by atoms with Gasteiger partial charge < -0.3 is 14.5 Å². The zero-order chi connectivity index (χ0) is 29.0. The van der Waals surface area contributed by atoms with E-state index in [0.29, 0.717) is 0 Å². The Bertz CT molecular complexity index is 2340.